The summed E-state index contributed by atoms with van der Waals surface area (Å²) in [6, 6.07) is 5.43. The van der Waals surface area contributed by atoms with Gasteiger partial charge in [0.05, 0.1) is 5.54 Å². The fourth-order valence-electron chi connectivity index (χ4n) is 1.17. The maximum absolute atomic E-state index is 12.1. The van der Waals surface area contributed by atoms with Crippen LogP contribution in [0.1, 0.15) is 20.3 Å². The van der Waals surface area contributed by atoms with Crippen LogP contribution in [0.15, 0.2) is 29.2 Å². The lowest BCUT2D eigenvalue weighted by Crippen LogP contribution is -2.47. The van der Waals surface area contributed by atoms with Crippen LogP contribution in [0.5, 0.6) is 0 Å². The Hall–Kier alpha value is -1.21. The Labute approximate surface area is 113 Å². The second-order valence-electron chi connectivity index (χ2n) is 4.30. The van der Waals surface area contributed by atoms with E-state index in [-0.39, 0.29) is 22.6 Å². The van der Waals surface area contributed by atoms with Crippen molar-refractivity contribution >= 4 is 23.4 Å². The number of anilines is 1. The van der Waals surface area contributed by atoms with Crippen LogP contribution in [0.25, 0.3) is 0 Å². The maximum Gasteiger partial charge on any atom is 0.446 e. The predicted molar refractivity (Wildman–Crippen MR) is 69.9 cm³/mol. The number of hydrogen-bond donors (Lipinski definition) is 2. The first-order valence-corrected chi connectivity index (χ1v) is 6.42. The highest BCUT2D eigenvalue weighted by molar-refractivity contribution is 8.00. The summed E-state index contributed by atoms with van der Waals surface area (Å²) in [6.07, 6.45) is 0.459. The fraction of sp³-hybridized carbons (Fsp3) is 0.417. The van der Waals surface area contributed by atoms with Crippen molar-refractivity contribution in [1.29, 1.82) is 0 Å². The highest BCUT2D eigenvalue weighted by Crippen LogP contribution is 2.37. The van der Waals surface area contributed by atoms with E-state index in [0.29, 0.717) is 12.1 Å². The molecular formula is C12H15F3N2OS. The van der Waals surface area contributed by atoms with Gasteiger partial charge >= 0.3 is 5.51 Å². The summed E-state index contributed by atoms with van der Waals surface area (Å²) in [5.74, 6) is -0.369. The summed E-state index contributed by atoms with van der Waals surface area (Å²) in [5, 5.41) is 2.57. The van der Waals surface area contributed by atoms with E-state index in [1.165, 1.54) is 24.3 Å². The van der Waals surface area contributed by atoms with E-state index in [0.717, 1.165) is 0 Å². The average Bonchev–Trinajstić information content (AvgIpc) is 2.29. The Kier molecular flexibility index (Phi) is 4.86. The Balaban J connectivity index is 2.70. The molecule has 0 aromatic heterocycles. The standard InChI is InChI=1S/C12H15F3N2OS/c1-3-11(2,16)10(18)17-8-4-6-9(7-5-8)19-12(13,14)15/h4-7H,3,16H2,1-2H3,(H,17,18). The van der Waals surface area contributed by atoms with Crippen LogP contribution in [0.3, 0.4) is 0 Å². The topological polar surface area (TPSA) is 55.1 Å². The van der Waals surface area contributed by atoms with Gasteiger partial charge in [0.1, 0.15) is 0 Å². The molecule has 7 heteroatoms. The maximum atomic E-state index is 12.1. The molecule has 106 valence electrons. The van der Waals surface area contributed by atoms with Gasteiger partial charge in [-0.1, -0.05) is 6.92 Å². The van der Waals surface area contributed by atoms with Gasteiger partial charge in [0.2, 0.25) is 5.91 Å². The highest BCUT2D eigenvalue weighted by atomic mass is 32.2. The van der Waals surface area contributed by atoms with E-state index in [4.69, 9.17) is 5.73 Å². The molecule has 1 aromatic rings. The van der Waals surface area contributed by atoms with Crippen molar-refractivity contribution in [2.75, 3.05) is 5.32 Å². The van der Waals surface area contributed by atoms with Crippen LogP contribution in [-0.2, 0) is 4.79 Å². The molecule has 0 aliphatic rings. The van der Waals surface area contributed by atoms with Crippen molar-refractivity contribution in [2.24, 2.45) is 5.73 Å². The first-order chi connectivity index (χ1) is 8.64. The Morgan fingerprint density at radius 3 is 2.26 bits per heavy atom. The van der Waals surface area contributed by atoms with Crippen LogP contribution < -0.4 is 11.1 Å². The molecule has 0 fully saturated rings. The summed E-state index contributed by atoms with van der Waals surface area (Å²) in [5.41, 5.74) is 0.857. The van der Waals surface area contributed by atoms with E-state index < -0.39 is 11.0 Å². The zero-order valence-corrected chi connectivity index (χ0v) is 11.4. The normalized spacial score (nSPS) is 14.8. The number of nitrogens with one attached hydrogen (secondary N) is 1. The van der Waals surface area contributed by atoms with E-state index in [2.05, 4.69) is 5.32 Å². The molecule has 0 saturated carbocycles. The van der Waals surface area contributed by atoms with Gasteiger partial charge in [-0.05, 0) is 49.4 Å². The molecule has 19 heavy (non-hydrogen) atoms. The lowest BCUT2D eigenvalue weighted by atomic mass is 9.99. The molecule has 3 nitrogen and oxygen atoms in total. The van der Waals surface area contributed by atoms with Gasteiger partial charge in [-0.2, -0.15) is 13.2 Å². The molecule has 1 amide bonds. The third-order valence-corrected chi connectivity index (χ3v) is 3.34. The van der Waals surface area contributed by atoms with Crippen molar-refractivity contribution in [3.63, 3.8) is 0 Å². The minimum absolute atomic E-state index is 0.0662. The van der Waals surface area contributed by atoms with Crippen LogP contribution in [0.2, 0.25) is 0 Å². The number of nitrogens with two attached hydrogens (primary N) is 1. The van der Waals surface area contributed by atoms with Crippen LogP contribution in [0.4, 0.5) is 18.9 Å². The third-order valence-electron chi connectivity index (χ3n) is 2.60. The summed E-state index contributed by atoms with van der Waals surface area (Å²) >= 11 is -0.199. The summed E-state index contributed by atoms with van der Waals surface area (Å²) < 4.78 is 36.4. The Morgan fingerprint density at radius 1 is 1.32 bits per heavy atom. The monoisotopic (exact) mass is 292 g/mol. The van der Waals surface area contributed by atoms with Gasteiger partial charge in [-0.25, -0.2) is 0 Å². The molecule has 1 rings (SSSR count). The van der Waals surface area contributed by atoms with Gasteiger partial charge in [-0.3, -0.25) is 4.79 Å². The van der Waals surface area contributed by atoms with E-state index in [1.54, 1.807) is 13.8 Å². The average molecular weight is 292 g/mol. The molecular weight excluding hydrogens is 277 g/mol. The largest absolute Gasteiger partial charge is 0.446 e. The number of halogens is 3. The second-order valence-corrected chi connectivity index (χ2v) is 5.44. The Morgan fingerprint density at radius 2 is 1.84 bits per heavy atom. The molecule has 0 saturated heterocycles. The van der Waals surface area contributed by atoms with Gasteiger partial charge < -0.3 is 11.1 Å². The summed E-state index contributed by atoms with van der Waals surface area (Å²) in [7, 11) is 0. The SMILES string of the molecule is CCC(C)(N)C(=O)Nc1ccc(SC(F)(F)F)cc1. The van der Waals surface area contributed by atoms with E-state index >= 15 is 0 Å². The minimum Gasteiger partial charge on any atom is -0.325 e. The first kappa shape index (κ1) is 15.8. The number of alkyl halides is 3. The lowest BCUT2D eigenvalue weighted by molar-refractivity contribution is -0.120. The van der Waals surface area contributed by atoms with Crippen molar-refractivity contribution in [1.82, 2.24) is 0 Å². The molecule has 0 heterocycles. The van der Waals surface area contributed by atoms with Gasteiger partial charge in [0.15, 0.2) is 0 Å². The molecule has 0 aliphatic carbocycles. The number of rotatable bonds is 4. The Bertz CT molecular complexity index is 443. The molecule has 0 bridgehead atoms. The predicted octanol–water partition coefficient (Wildman–Crippen LogP) is 3.36. The van der Waals surface area contributed by atoms with Crippen LogP contribution in [-0.4, -0.2) is 17.0 Å². The number of carbonyl (C=O) groups excluding carboxylic acids is 1. The number of carbonyl (C=O) groups is 1. The number of amides is 1. The van der Waals surface area contributed by atoms with Gasteiger partial charge in [-0.15, -0.1) is 0 Å². The van der Waals surface area contributed by atoms with Gasteiger partial charge in [0.25, 0.3) is 0 Å². The quantitative estimate of drug-likeness (QED) is 0.837. The zero-order valence-electron chi connectivity index (χ0n) is 10.5. The highest BCUT2D eigenvalue weighted by Gasteiger charge is 2.29. The summed E-state index contributed by atoms with van der Waals surface area (Å²) in [4.78, 5) is 11.8. The molecule has 0 aliphatic heterocycles. The molecule has 1 unspecified atom stereocenters. The van der Waals surface area contributed by atoms with Crippen molar-refractivity contribution in [3.05, 3.63) is 24.3 Å². The van der Waals surface area contributed by atoms with Crippen LogP contribution >= 0.6 is 11.8 Å². The third kappa shape index (κ3) is 5.12. The van der Waals surface area contributed by atoms with Gasteiger partial charge in [0, 0.05) is 10.6 Å². The zero-order chi connectivity index (χ0) is 14.7. The minimum atomic E-state index is -4.32. The second kappa shape index (κ2) is 5.83. The van der Waals surface area contributed by atoms with E-state index in [1.807, 2.05) is 0 Å². The van der Waals surface area contributed by atoms with E-state index in [9.17, 15) is 18.0 Å². The van der Waals surface area contributed by atoms with Crippen molar-refractivity contribution in [3.8, 4) is 0 Å². The lowest BCUT2D eigenvalue weighted by Gasteiger charge is -2.21. The molecule has 0 spiro atoms. The molecule has 3 N–H and O–H groups in total. The van der Waals surface area contributed by atoms with Crippen LogP contribution in [0, 0.1) is 0 Å². The fourth-order valence-corrected chi connectivity index (χ4v) is 1.71. The number of benzene rings is 1. The smallest absolute Gasteiger partial charge is 0.325 e. The molecule has 0 radical (unpaired) electrons. The van der Waals surface area contributed by atoms with Crippen molar-refractivity contribution < 1.29 is 18.0 Å². The molecule has 1 atom stereocenters. The summed E-state index contributed by atoms with van der Waals surface area (Å²) in [6.45, 7) is 3.37. The number of thioether (sulfide) groups is 1. The van der Waals surface area contributed by atoms with Crippen molar-refractivity contribution in [2.45, 2.75) is 36.2 Å². The number of hydrogen-bond acceptors (Lipinski definition) is 3. The molecule has 1 aromatic carbocycles. The first-order valence-electron chi connectivity index (χ1n) is 5.60.